The summed E-state index contributed by atoms with van der Waals surface area (Å²) in [6.45, 7) is 2.63. The second kappa shape index (κ2) is 4.67. The van der Waals surface area contributed by atoms with E-state index in [0.29, 0.717) is 11.4 Å². The third-order valence-corrected chi connectivity index (χ3v) is 5.26. The molecule has 4 heteroatoms. The first-order valence-electron chi connectivity index (χ1n) is 6.40. The van der Waals surface area contributed by atoms with Crippen LogP contribution in [0.3, 0.4) is 0 Å². The summed E-state index contributed by atoms with van der Waals surface area (Å²) in [4.78, 5) is 0.397. The molecule has 100 valence electrons. The zero-order chi connectivity index (χ0) is 13.4. The summed E-state index contributed by atoms with van der Waals surface area (Å²) < 4.78 is 23.1. The molecule has 2 rings (SSSR count). The van der Waals surface area contributed by atoms with Crippen molar-refractivity contribution in [3.8, 4) is 0 Å². The summed E-state index contributed by atoms with van der Waals surface area (Å²) in [5, 5.41) is 0. The Morgan fingerprint density at radius 1 is 1.28 bits per heavy atom. The maximum Gasteiger partial charge on any atom is 0.175 e. The summed E-state index contributed by atoms with van der Waals surface area (Å²) in [5.74, 6) is 0. The van der Waals surface area contributed by atoms with Gasteiger partial charge in [-0.2, -0.15) is 0 Å². The first kappa shape index (κ1) is 13.6. The Balaban J connectivity index is 2.47. The largest absolute Gasteiger partial charge is 0.330 e. The Hall–Kier alpha value is -0.870. The van der Waals surface area contributed by atoms with Crippen molar-refractivity contribution in [1.82, 2.24) is 0 Å². The van der Waals surface area contributed by atoms with Crippen LogP contribution < -0.4 is 5.73 Å². The van der Waals surface area contributed by atoms with Gasteiger partial charge < -0.3 is 5.73 Å². The van der Waals surface area contributed by atoms with Gasteiger partial charge in [-0.15, -0.1) is 0 Å². The Labute approximate surface area is 109 Å². The van der Waals surface area contributed by atoms with Gasteiger partial charge in [-0.3, -0.25) is 0 Å². The normalized spacial score (nSPS) is 19.1. The van der Waals surface area contributed by atoms with E-state index in [2.05, 4.69) is 0 Å². The monoisotopic (exact) mass is 267 g/mol. The minimum Gasteiger partial charge on any atom is -0.330 e. The molecular formula is C14H21NO2S. The predicted octanol–water partition coefficient (Wildman–Crippen LogP) is 2.17. The molecule has 18 heavy (non-hydrogen) atoms. The van der Waals surface area contributed by atoms with Crippen LogP contribution in [0.25, 0.3) is 0 Å². The predicted molar refractivity (Wildman–Crippen MR) is 73.5 cm³/mol. The number of benzene rings is 1. The van der Waals surface area contributed by atoms with Crippen molar-refractivity contribution in [2.45, 2.75) is 42.9 Å². The highest BCUT2D eigenvalue weighted by atomic mass is 32.2. The molecule has 0 radical (unpaired) electrons. The highest BCUT2D eigenvalue weighted by Crippen LogP contribution is 2.41. The van der Waals surface area contributed by atoms with E-state index in [4.69, 9.17) is 5.73 Å². The minimum atomic E-state index is -3.12. The van der Waals surface area contributed by atoms with Crippen molar-refractivity contribution in [3.63, 3.8) is 0 Å². The molecule has 1 aromatic rings. The van der Waals surface area contributed by atoms with Crippen LogP contribution >= 0.6 is 0 Å². The summed E-state index contributed by atoms with van der Waals surface area (Å²) in [6.07, 6.45) is 5.90. The van der Waals surface area contributed by atoms with Crippen molar-refractivity contribution in [3.05, 3.63) is 29.3 Å². The molecule has 1 saturated carbocycles. The summed E-state index contributed by atoms with van der Waals surface area (Å²) in [7, 11) is -3.12. The van der Waals surface area contributed by atoms with E-state index < -0.39 is 9.84 Å². The summed E-state index contributed by atoms with van der Waals surface area (Å²) in [5.41, 5.74) is 8.32. The number of aryl methyl sites for hydroxylation is 1. The van der Waals surface area contributed by atoms with Crippen LogP contribution in [0.2, 0.25) is 0 Å². The van der Waals surface area contributed by atoms with E-state index in [-0.39, 0.29) is 5.41 Å². The second-order valence-corrected chi connectivity index (χ2v) is 7.46. The standard InChI is InChI=1S/C14H21NO2S/c1-11-9-12(18(2,16)17)5-6-13(11)14(10-15)7-3-4-8-14/h5-6,9H,3-4,7-8,10,15H2,1-2H3. The molecule has 0 atom stereocenters. The van der Waals surface area contributed by atoms with Gasteiger partial charge >= 0.3 is 0 Å². The Bertz CT molecular complexity index is 543. The van der Waals surface area contributed by atoms with Gasteiger partial charge in [-0.25, -0.2) is 8.42 Å². The molecule has 0 aliphatic heterocycles. The lowest BCUT2D eigenvalue weighted by Crippen LogP contribution is -2.32. The van der Waals surface area contributed by atoms with E-state index in [1.165, 1.54) is 24.7 Å². The van der Waals surface area contributed by atoms with Gasteiger partial charge in [-0.05, 0) is 43.0 Å². The highest BCUT2D eigenvalue weighted by molar-refractivity contribution is 7.90. The third-order valence-electron chi connectivity index (χ3n) is 4.15. The fraction of sp³-hybridized carbons (Fsp3) is 0.571. The van der Waals surface area contributed by atoms with Crippen molar-refractivity contribution >= 4 is 9.84 Å². The molecular weight excluding hydrogens is 246 g/mol. The molecule has 0 heterocycles. The van der Waals surface area contributed by atoms with E-state index in [1.807, 2.05) is 13.0 Å². The smallest absolute Gasteiger partial charge is 0.175 e. The number of sulfone groups is 1. The molecule has 1 fully saturated rings. The summed E-state index contributed by atoms with van der Waals surface area (Å²) in [6, 6.07) is 5.46. The number of rotatable bonds is 3. The van der Waals surface area contributed by atoms with Gasteiger partial charge in [0.25, 0.3) is 0 Å². The van der Waals surface area contributed by atoms with Crippen molar-refractivity contribution < 1.29 is 8.42 Å². The second-order valence-electron chi connectivity index (χ2n) is 5.44. The fourth-order valence-corrected chi connectivity index (χ4v) is 3.80. The topological polar surface area (TPSA) is 60.2 Å². The first-order valence-corrected chi connectivity index (χ1v) is 8.29. The van der Waals surface area contributed by atoms with Crippen LogP contribution in [0.1, 0.15) is 36.8 Å². The van der Waals surface area contributed by atoms with E-state index in [9.17, 15) is 8.42 Å². The number of hydrogen-bond acceptors (Lipinski definition) is 3. The zero-order valence-corrected chi connectivity index (χ0v) is 11.9. The molecule has 0 unspecified atom stereocenters. The van der Waals surface area contributed by atoms with Gasteiger partial charge in [0.15, 0.2) is 9.84 Å². The molecule has 0 bridgehead atoms. The lowest BCUT2D eigenvalue weighted by Gasteiger charge is -2.29. The van der Waals surface area contributed by atoms with Crippen molar-refractivity contribution in [1.29, 1.82) is 0 Å². The molecule has 0 saturated heterocycles. The average molecular weight is 267 g/mol. The lowest BCUT2D eigenvalue weighted by molar-refractivity contribution is 0.450. The molecule has 0 amide bonds. The molecule has 0 spiro atoms. The van der Waals surface area contributed by atoms with Crippen molar-refractivity contribution in [2.24, 2.45) is 5.73 Å². The average Bonchev–Trinajstić information content (AvgIpc) is 2.77. The van der Waals surface area contributed by atoms with E-state index >= 15 is 0 Å². The Morgan fingerprint density at radius 2 is 1.89 bits per heavy atom. The Kier molecular flexibility index (Phi) is 3.52. The van der Waals surface area contributed by atoms with Crippen LogP contribution in [0.5, 0.6) is 0 Å². The first-order chi connectivity index (χ1) is 8.39. The fourth-order valence-electron chi connectivity index (χ4n) is 3.10. The minimum absolute atomic E-state index is 0.0696. The van der Waals surface area contributed by atoms with Crippen LogP contribution in [0, 0.1) is 6.92 Å². The SMILES string of the molecule is Cc1cc(S(C)(=O)=O)ccc1C1(CN)CCCC1. The zero-order valence-electron chi connectivity index (χ0n) is 11.1. The molecule has 1 aromatic carbocycles. The Morgan fingerprint density at radius 3 is 2.33 bits per heavy atom. The van der Waals surface area contributed by atoms with Crippen LogP contribution in [-0.2, 0) is 15.3 Å². The van der Waals surface area contributed by atoms with E-state index in [0.717, 1.165) is 18.4 Å². The van der Waals surface area contributed by atoms with Gasteiger partial charge in [-0.1, -0.05) is 18.9 Å². The van der Waals surface area contributed by atoms with Crippen LogP contribution in [0.4, 0.5) is 0 Å². The van der Waals surface area contributed by atoms with Crippen LogP contribution in [0.15, 0.2) is 23.1 Å². The molecule has 2 N–H and O–H groups in total. The molecule has 3 nitrogen and oxygen atoms in total. The summed E-state index contributed by atoms with van der Waals surface area (Å²) >= 11 is 0. The highest BCUT2D eigenvalue weighted by Gasteiger charge is 2.35. The molecule has 1 aliphatic rings. The van der Waals surface area contributed by atoms with Gasteiger partial charge in [0, 0.05) is 18.2 Å². The maximum absolute atomic E-state index is 11.5. The lowest BCUT2D eigenvalue weighted by atomic mass is 9.77. The maximum atomic E-state index is 11.5. The molecule has 0 aromatic heterocycles. The quantitative estimate of drug-likeness (QED) is 0.913. The number of nitrogens with two attached hydrogens (primary N) is 1. The van der Waals surface area contributed by atoms with Crippen molar-refractivity contribution in [2.75, 3.05) is 12.8 Å². The number of hydrogen-bond donors (Lipinski definition) is 1. The molecule has 1 aliphatic carbocycles. The van der Waals surface area contributed by atoms with Gasteiger partial charge in [0.2, 0.25) is 0 Å². The van der Waals surface area contributed by atoms with Gasteiger partial charge in [0.1, 0.15) is 0 Å². The third kappa shape index (κ3) is 2.31. The van der Waals surface area contributed by atoms with Crippen LogP contribution in [-0.4, -0.2) is 21.2 Å². The van der Waals surface area contributed by atoms with E-state index in [1.54, 1.807) is 12.1 Å². The van der Waals surface area contributed by atoms with Gasteiger partial charge in [0.05, 0.1) is 4.90 Å².